The molecule has 4 N–H and O–H groups in total. The van der Waals surface area contributed by atoms with Gasteiger partial charge in [-0.3, -0.25) is 4.79 Å². The summed E-state index contributed by atoms with van der Waals surface area (Å²) in [6, 6.07) is 3.54. The zero-order valence-corrected chi connectivity index (χ0v) is 10.9. The fourth-order valence-corrected chi connectivity index (χ4v) is 2.49. The molecule has 0 bridgehead atoms. The molecule has 1 fully saturated rings. The van der Waals surface area contributed by atoms with Crippen LogP contribution in [-0.2, 0) is 11.3 Å². The summed E-state index contributed by atoms with van der Waals surface area (Å²) in [5, 5.41) is 5.49. The molecular weight excluding hydrogens is 244 g/mol. The number of primary amides is 1. The summed E-state index contributed by atoms with van der Waals surface area (Å²) in [6.45, 7) is 1.21. The first-order chi connectivity index (χ1) is 9.12. The topological polar surface area (TPSA) is 89.2 Å². The predicted octanol–water partition coefficient (Wildman–Crippen LogP) is 0.585. The van der Waals surface area contributed by atoms with E-state index in [9.17, 15) is 9.59 Å². The molecule has 19 heavy (non-hydrogen) atoms. The highest BCUT2D eigenvalue weighted by molar-refractivity contribution is 5.90. The van der Waals surface area contributed by atoms with E-state index in [2.05, 4.69) is 10.6 Å². The van der Waals surface area contributed by atoms with Crippen molar-refractivity contribution in [1.29, 1.82) is 0 Å². The lowest BCUT2D eigenvalue weighted by Gasteiger charge is -2.26. The number of urea groups is 1. The number of carbonyl (C=O) groups excluding carboxylic acids is 2. The maximum Gasteiger partial charge on any atom is 0.315 e. The van der Waals surface area contributed by atoms with Crippen LogP contribution < -0.4 is 16.4 Å². The lowest BCUT2D eigenvalue weighted by atomic mass is 9.97. The molecule has 0 radical (unpaired) electrons. The van der Waals surface area contributed by atoms with E-state index in [0.717, 1.165) is 12.8 Å². The SMILES string of the molecule is NC(=O)C1(NC(=O)NCCn2cccc2)CCCC1. The van der Waals surface area contributed by atoms with Crippen molar-refractivity contribution in [3.63, 3.8) is 0 Å². The van der Waals surface area contributed by atoms with Crippen molar-refractivity contribution < 1.29 is 9.59 Å². The van der Waals surface area contributed by atoms with Crippen molar-refractivity contribution in [3.8, 4) is 0 Å². The van der Waals surface area contributed by atoms with Gasteiger partial charge in [0, 0.05) is 25.5 Å². The maximum absolute atomic E-state index is 11.8. The number of nitrogens with two attached hydrogens (primary N) is 1. The Morgan fingerprint density at radius 2 is 1.84 bits per heavy atom. The second kappa shape index (κ2) is 5.77. The van der Waals surface area contributed by atoms with Gasteiger partial charge in [-0.25, -0.2) is 4.79 Å². The van der Waals surface area contributed by atoms with Gasteiger partial charge in [0.2, 0.25) is 5.91 Å². The minimum atomic E-state index is -0.850. The molecule has 6 nitrogen and oxygen atoms in total. The molecule has 0 aromatic carbocycles. The maximum atomic E-state index is 11.8. The van der Waals surface area contributed by atoms with Gasteiger partial charge in [0.1, 0.15) is 5.54 Å². The summed E-state index contributed by atoms with van der Waals surface area (Å²) in [5.74, 6) is -0.439. The fourth-order valence-electron chi connectivity index (χ4n) is 2.49. The van der Waals surface area contributed by atoms with Crippen LogP contribution in [0.4, 0.5) is 4.79 Å². The number of aromatic nitrogens is 1. The first-order valence-electron chi connectivity index (χ1n) is 6.59. The molecule has 2 rings (SSSR count). The van der Waals surface area contributed by atoms with Gasteiger partial charge in [0.05, 0.1) is 0 Å². The molecule has 1 aromatic rings. The van der Waals surface area contributed by atoms with Crippen molar-refractivity contribution in [2.24, 2.45) is 5.73 Å². The molecule has 6 heteroatoms. The van der Waals surface area contributed by atoms with Crippen molar-refractivity contribution in [3.05, 3.63) is 24.5 Å². The highest BCUT2D eigenvalue weighted by atomic mass is 16.2. The first-order valence-corrected chi connectivity index (χ1v) is 6.59. The Kier molecular flexibility index (Phi) is 4.09. The second-order valence-corrected chi connectivity index (χ2v) is 4.96. The molecule has 1 aliphatic rings. The number of carbonyl (C=O) groups is 2. The van der Waals surface area contributed by atoms with Crippen LogP contribution in [0.3, 0.4) is 0 Å². The Morgan fingerprint density at radius 3 is 2.42 bits per heavy atom. The predicted molar refractivity (Wildman–Crippen MR) is 71.4 cm³/mol. The van der Waals surface area contributed by atoms with Crippen molar-refractivity contribution >= 4 is 11.9 Å². The number of hydrogen-bond donors (Lipinski definition) is 3. The third-order valence-electron chi connectivity index (χ3n) is 3.60. The van der Waals surface area contributed by atoms with Gasteiger partial charge in [0.25, 0.3) is 0 Å². The molecule has 1 saturated carbocycles. The van der Waals surface area contributed by atoms with Gasteiger partial charge in [-0.2, -0.15) is 0 Å². The van der Waals surface area contributed by atoms with E-state index in [0.29, 0.717) is 25.9 Å². The van der Waals surface area contributed by atoms with E-state index in [-0.39, 0.29) is 6.03 Å². The van der Waals surface area contributed by atoms with Crippen LogP contribution in [0.15, 0.2) is 24.5 Å². The van der Waals surface area contributed by atoms with E-state index in [1.807, 2.05) is 29.1 Å². The number of amides is 3. The quantitative estimate of drug-likeness (QED) is 0.726. The van der Waals surface area contributed by atoms with Crippen LogP contribution in [0.5, 0.6) is 0 Å². The number of nitrogens with zero attached hydrogens (tertiary/aromatic N) is 1. The van der Waals surface area contributed by atoms with Gasteiger partial charge in [-0.05, 0) is 25.0 Å². The third-order valence-corrected chi connectivity index (χ3v) is 3.60. The molecule has 0 spiro atoms. The highest BCUT2D eigenvalue weighted by Crippen LogP contribution is 2.29. The summed E-state index contributed by atoms with van der Waals surface area (Å²) in [7, 11) is 0. The standard InChI is InChI=1S/C13H20N4O2/c14-11(18)13(5-1-2-6-13)16-12(19)15-7-10-17-8-3-4-9-17/h3-4,8-9H,1-2,5-7,10H2,(H2,14,18)(H2,15,16,19). The van der Waals surface area contributed by atoms with E-state index < -0.39 is 11.4 Å². The Bertz CT molecular complexity index is 436. The molecule has 0 atom stereocenters. The fraction of sp³-hybridized carbons (Fsp3) is 0.538. The molecule has 1 heterocycles. The summed E-state index contributed by atoms with van der Waals surface area (Å²) >= 11 is 0. The van der Waals surface area contributed by atoms with E-state index in [4.69, 9.17) is 5.73 Å². The molecule has 1 aliphatic carbocycles. The van der Waals surface area contributed by atoms with Crippen molar-refractivity contribution in [2.45, 2.75) is 37.8 Å². The van der Waals surface area contributed by atoms with Crippen LogP contribution in [0.25, 0.3) is 0 Å². The van der Waals surface area contributed by atoms with E-state index >= 15 is 0 Å². The molecular formula is C13H20N4O2. The summed E-state index contributed by atoms with van der Waals surface area (Å²) in [5.41, 5.74) is 4.55. The van der Waals surface area contributed by atoms with Gasteiger partial charge in [0.15, 0.2) is 0 Å². The molecule has 1 aromatic heterocycles. The van der Waals surface area contributed by atoms with Gasteiger partial charge < -0.3 is 20.9 Å². The highest BCUT2D eigenvalue weighted by Gasteiger charge is 2.40. The largest absolute Gasteiger partial charge is 0.368 e. The van der Waals surface area contributed by atoms with Crippen LogP contribution in [-0.4, -0.2) is 28.6 Å². The van der Waals surface area contributed by atoms with Gasteiger partial charge in [-0.1, -0.05) is 12.8 Å². The van der Waals surface area contributed by atoms with E-state index in [1.54, 1.807) is 0 Å². The smallest absolute Gasteiger partial charge is 0.315 e. The average molecular weight is 264 g/mol. The van der Waals surface area contributed by atoms with Crippen molar-refractivity contribution in [2.75, 3.05) is 6.54 Å². The number of rotatable bonds is 5. The van der Waals surface area contributed by atoms with Gasteiger partial charge >= 0.3 is 6.03 Å². The molecule has 0 saturated heterocycles. The summed E-state index contributed by atoms with van der Waals surface area (Å²) < 4.78 is 1.97. The molecule has 104 valence electrons. The first kappa shape index (κ1) is 13.5. The monoisotopic (exact) mass is 264 g/mol. The van der Waals surface area contributed by atoms with Crippen LogP contribution in [0, 0.1) is 0 Å². The zero-order valence-electron chi connectivity index (χ0n) is 10.9. The average Bonchev–Trinajstić information content (AvgIpc) is 3.00. The second-order valence-electron chi connectivity index (χ2n) is 4.96. The molecule has 3 amide bonds. The number of hydrogen-bond acceptors (Lipinski definition) is 2. The van der Waals surface area contributed by atoms with Crippen LogP contribution >= 0.6 is 0 Å². The Morgan fingerprint density at radius 1 is 1.21 bits per heavy atom. The Balaban J connectivity index is 1.78. The Hall–Kier alpha value is -1.98. The molecule has 0 aliphatic heterocycles. The van der Waals surface area contributed by atoms with Gasteiger partial charge in [-0.15, -0.1) is 0 Å². The summed E-state index contributed by atoms with van der Waals surface area (Å²) in [4.78, 5) is 23.3. The Labute approximate surface area is 112 Å². The van der Waals surface area contributed by atoms with Crippen molar-refractivity contribution in [1.82, 2.24) is 15.2 Å². The van der Waals surface area contributed by atoms with E-state index in [1.165, 1.54) is 0 Å². The third kappa shape index (κ3) is 3.27. The normalized spacial score (nSPS) is 17.1. The minimum absolute atomic E-state index is 0.326. The minimum Gasteiger partial charge on any atom is -0.368 e. The summed E-state index contributed by atoms with van der Waals surface area (Å²) in [6.07, 6.45) is 6.97. The molecule has 0 unspecified atom stereocenters. The number of nitrogens with one attached hydrogen (secondary N) is 2. The van der Waals surface area contributed by atoms with Crippen LogP contribution in [0.2, 0.25) is 0 Å². The zero-order chi connectivity index (χ0) is 13.7. The lowest BCUT2D eigenvalue weighted by Crippen LogP contribution is -2.58. The van der Waals surface area contributed by atoms with Crippen LogP contribution in [0.1, 0.15) is 25.7 Å². The lowest BCUT2D eigenvalue weighted by molar-refractivity contribution is -0.123.